The lowest BCUT2D eigenvalue weighted by Crippen LogP contribution is -2.13. The van der Waals surface area contributed by atoms with Gasteiger partial charge in [0.25, 0.3) is 10.0 Å². The Morgan fingerprint density at radius 2 is 1.79 bits per heavy atom. The third-order valence-electron chi connectivity index (χ3n) is 3.90. The van der Waals surface area contributed by atoms with Crippen LogP contribution >= 0.6 is 0 Å². The van der Waals surface area contributed by atoms with Gasteiger partial charge in [0.05, 0.1) is 11.4 Å². The number of rotatable bonds is 5. The molecule has 0 aliphatic heterocycles. The first kappa shape index (κ1) is 16.3. The van der Waals surface area contributed by atoms with Crippen molar-refractivity contribution in [3.63, 3.8) is 0 Å². The lowest BCUT2D eigenvalue weighted by Gasteiger charge is -2.10. The SMILES string of the molecule is Cc1ccc(S(=O)(=O)Nc2ccc(Cn3cccn3)cc2)cc1C. The van der Waals surface area contributed by atoms with Crippen molar-refractivity contribution in [1.29, 1.82) is 0 Å². The van der Waals surface area contributed by atoms with Crippen molar-refractivity contribution in [2.24, 2.45) is 0 Å². The molecule has 0 amide bonds. The average molecular weight is 341 g/mol. The van der Waals surface area contributed by atoms with Crippen molar-refractivity contribution in [2.75, 3.05) is 4.72 Å². The molecular formula is C18H19N3O2S. The summed E-state index contributed by atoms with van der Waals surface area (Å²) < 4.78 is 29.4. The number of aromatic nitrogens is 2. The molecule has 2 aromatic carbocycles. The molecule has 0 bridgehead atoms. The van der Waals surface area contributed by atoms with Crippen LogP contribution in [-0.4, -0.2) is 18.2 Å². The molecular weight excluding hydrogens is 322 g/mol. The lowest BCUT2D eigenvalue weighted by molar-refractivity contribution is 0.601. The van der Waals surface area contributed by atoms with E-state index in [0.29, 0.717) is 12.2 Å². The summed E-state index contributed by atoms with van der Waals surface area (Å²) in [5, 5.41) is 4.15. The molecule has 124 valence electrons. The van der Waals surface area contributed by atoms with E-state index < -0.39 is 10.0 Å². The van der Waals surface area contributed by atoms with Crippen LogP contribution in [0.25, 0.3) is 0 Å². The monoisotopic (exact) mass is 341 g/mol. The largest absolute Gasteiger partial charge is 0.280 e. The summed E-state index contributed by atoms with van der Waals surface area (Å²) >= 11 is 0. The number of hydrogen-bond acceptors (Lipinski definition) is 3. The third kappa shape index (κ3) is 3.65. The Morgan fingerprint density at radius 1 is 1.04 bits per heavy atom. The maximum absolute atomic E-state index is 12.5. The van der Waals surface area contributed by atoms with Gasteiger partial charge in [0, 0.05) is 18.1 Å². The van der Waals surface area contributed by atoms with Gasteiger partial charge >= 0.3 is 0 Å². The molecule has 3 rings (SSSR count). The zero-order chi connectivity index (χ0) is 17.2. The Labute approximate surface area is 142 Å². The minimum absolute atomic E-state index is 0.270. The number of sulfonamides is 1. The number of anilines is 1. The van der Waals surface area contributed by atoms with Gasteiger partial charge in [-0.15, -0.1) is 0 Å². The van der Waals surface area contributed by atoms with Crippen molar-refractivity contribution < 1.29 is 8.42 Å². The van der Waals surface area contributed by atoms with Gasteiger partial charge in [0.15, 0.2) is 0 Å². The minimum atomic E-state index is -3.58. The van der Waals surface area contributed by atoms with Crippen LogP contribution in [0.3, 0.4) is 0 Å². The van der Waals surface area contributed by atoms with Gasteiger partial charge in [-0.2, -0.15) is 5.10 Å². The first-order valence-corrected chi connectivity index (χ1v) is 9.09. The van der Waals surface area contributed by atoms with Crippen molar-refractivity contribution >= 4 is 15.7 Å². The Balaban J connectivity index is 1.76. The van der Waals surface area contributed by atoms with E-state index in [1.807, 2.05) is 49.0 Å². The fourth-order valence-electron chi connectivity index (χ4n) is 2.35. The molecule has 0 radical (unpaired) electrons. The summed E-state index contributed by atoms with van der Waals surface area (Å²) in [4.78, 5) is 0.270. The minimum Gasteiger partial charge on any atom is -0.280 e. The highest BCUT2D eigenvalue weighted by Gasteiger charge is 2.14. The van der Waals surface area contributed by atoms with E-state index in [1.54, 1.807) is 30.5 Å². The van der Waals surface area contributed by atoms with Crippen LogP contribution in [0.15, 0.2) is 65.8 Å². The number of hydrogen-bond donors (Lipinski definition) is 1. The van der Waals surface area contributed by atoms with Crippen LogP contribution in [0.1, 0.15) is 16.7 Å². The molecule has 0 aliphatic carbocycles. The van der Waals surface area contributed by atoms with Crippen LogP contribution in [0.4, 0.5) is 5.69 Å². The number of aryl methyl sites for hydroxylation is 2. The van der Waals surface area contributed by atoms with Gasteiger partial charge in [-0.25, -0.2) is 8.42 Å². The fraction of sp³-hybridized carbons (Fsp3) is 0.167. The van der Waals surface area contributed by atoms with Gasteiger partial charge in [-0.1, -0.05) is 18.2 Å². The lowest BCUT2D eigenvalue weighted by atomic mass is 10.1. The molecule has 0 atom stereocenters. The summed E-state index contributed by atoms with van der Waals surface area (Å²) in [6.45, 7) is 4.51. The molecule has 6 heteroatoms. The predicted molar refractivity (Wildman–Crippen MR) is 94.5 cm³/mol. The highest BCUT2D eigenvalue weighted by Crippen LogP contribution is 2.19. The summed E-state index contributed by atoms with van der Waals surface area (Å²) in [7, 11) is -3.58. The Kier molecular flexibility index (Phi) is 4.40. The van der Waals surface area contributed by atoms with Gasteiger partial charge in [-0.05, 0) is 60.9 Å². The second-order valence-corrected chi connectivity index (χ2v) is 7.43. The van der Waals surface area contributed by atoms with Crippen LogP contribution in [0.2, 0.25) is 0 Å². The Bertz CT molecular complexity index is 931. The second-order valence-electron chi connectivity index (χ2n) is 5.75. The first-order chi connectivity index (χ1) is 11.4. The summed E-state index contributed by atoms with van der Waals surface area (Å²) in [5.41, 5.74) is 3.61. The maximum atomic E-state index is 12.5. The number of nitrogens with one attached hydrogen (secondary N) is 1. The molecule has 1 aromatic heterocycles. The van der Waals surface area contributed by atoms with Crippen molar-refractivity contribution in [1.82, 2.24) is 9.78 Å². The van der Waals surface area contributed by atoms with Gasteiger partial charge in [0.2, 0.25) is 0 Å². The van der Waals surface area contributed by atoms with Crippen LogP contribution < -0.4 is 4.72 Å². The highest BCUT2D eigenvalue weighted by molar-refractivity contribution is 7.92. The average Bonchev–Trinajstić information content (AvgIpc) is 3.04. The Morgan fingerprint density at radius 3 is 2.42 bits per heavy atom. The molecule has 5 nitrogen and oxygen atoms in total. The van der Waals surface area contributed by atoms with Gasteiger partial charge in [-0.3, -0.25) is 9.40 Å². The molecule has 3 aromatic rings. The van der Waals surface area contributed by atoms with Crippen molar-refractivity contribution in [2.45, 2.75) is 25.3 Å². The van der Waals surface area contributed by atoms with E-state index in [1.165, 1.54) is 0 Å². The zero-order valence-electron chi connectivity index (χ0n) is 13.6. The van der Waals surface area contributed by atoms with E-state index in [2.05, 4.69) is 9.82 Å². The summed E-state index contributed by atoms with van der Waals surface area (Å²) in [5.74, 6) is 0. The molecule has 0 spiro atoms. The zero-order valence-corrected chi connectivity index (χ0v) is 14.4. The summed E-state index contributed by atoms with van der Waals surface area (Å²) in [6, 6.07) is 14.3. The van der Waals surface area contributed by atoms with Gasteiger partial charge < -0.3 is 0 Å². The molecule has 0 saturated carbocycles. The molecule has 0 aliphatic rings. The normalized spacial score (nSPS) is 11.4. The van der Waals surface area contributed by atoms with Crippen LogP contribution in [-0.2, 0) is 16.6 Å². The van der Waals surface area contributed by atoms with Crippen molar-refractivity contribution in [3.05, 3.63) is 77.6 Å². The standard InChI is InChI=1S/C18H19N3O2S/c1-14-4-9-18(12-15(14)2)24(22,23)20-17-7-5-16(6-8-17)13-21-11-3-10-19-21/h3-12,20H,13H2,1-2H3. The molecule has 1 N–H and O–H groups in total. The number of nitrogens with zero attached hydrogens (tertiary/aromatic N) is 2. The molecule has 1 heterocycles. The smallest absolute Gasteiger partial charge is 0.261 e. The fourth-order valence-corrected chi connectivity index (χ4v) is 3.50. The van der Waals surface area contributed by atoms with E-state index in [-0.39, 0.29) is 4.90 Å². The van der Waals surface area contributed by atoms with Gasteiger partial charge in [0.1, 0.15) is 0 Å². The number of benzene rings is 2. The van der Waals surface area contributed by atoms with Crippen LogP contribution in [0.5, 0.6) is 0 Å². The molecule has 0 saturated heterocycles. The van der Waals surface area contributed by atoms with E-state index in [9.17, 15) is 8.42 Å². The first-order valence-electron chi connectivity index (χ1n) is 7.60. The van der Waals surface area contributed by atoms with E-state index in [4.69, 9.17) is 0 Å². The predicted octanol–water partition coefficient (Wildman–Crippen LogP) is 3.35. The van der Waals surface area contributed by atoms with E-state index in [0.717, 1.165) is 16.7 Å². The quantitative estimate of drug-likeness (QED) is 0.774. The maximum Gasteiger partial charge on any atom is 0.261 e. The molecule has 24 heavy (non-hydrogen) atoms. The van der Waals surface area contributed by atoms with Crippen LogP contribution in [0, 0.1) is 13.8 Å². The second kappa shape index (κ2) is 6.49. The topological polar surface area (TPSA) is 64.0 Å². The van der Waals surface area contributed by atoms with Crippen molar-refractivity contribution in [3.8, 4) is 0 Å². The Hall–Kier alpha value is -2.60. The van der Waals surface area contributed by atoms with E-state index >= 15 is 0 Å². The third-order valence-corrected chi connectivity index (χ3v) is 5.28. The highest BCUT2D eigenvalue weighted by atomic mass is 32.2. The molecule has 0 fully saturated rings. The molecule has 0 unspecified atom stereocenters. The summed E-state index contributed by atoms with van der Waals surface area (Å²) in [6.07, 6.45) is 3.61.